The highest BCUT2D eigenvalue weighted by Gasteiger charge is 2.18. The first-order valence-electron chi connectivity index (χ1n) is 11.5. The lowest BCUT2D eigenvalue weighted by Gasteiger charge is -2.18. The number of halogens is 1. The molecule has 2 aromatic carbocycles. The van der Waals surface area contributed by atoms with E-state index in [2.05, 4.69) is 25.6 Å². The van der Waals surface area contributed by atoms with Crippen molar-refractivity contribution in [2.45, 2.75) is 19.9 Å². The minimum Gasteiger partial charge on any atom is -0.394 e. The Hall–Kier alpha value is -4.24. The predicted octanol–water partition coefficient (Wildman–Crippen LogP) is 4.50. The molecule has 4 aromatic rings. The standard InChI is InChI=1S/C27H29FN6O2/c1-16-6-5-7-18(10-16)23(15-35)31-26(36)22-11-19(14-29-22)25-17(2)13-30-27(33-25)32-21-9-8-20(28)12-24(21)34(3)4/h5-14,23,29,35H,15H2,1-4H3,(H,31,36)(H,30,32,33). The van der Waals surface area contributed by atoms with Crippen LogP contribution in [0.3, 0.4) is 0 Å². The third kappa shape index (κ3) is 5.52. The number of H-pyrrole nitrogens is 1. The number of benzene rings is 2. The zero-order valence-electron chi connectivity index (χ0n) is 20.6. The van der Waals surface area contributed by atoms with Gasteiger partial charge >= 0.3 is 0 Å². The maximum absolute atomic E-state index is 13.7. The van der Waals surface area contributed by atoms with Gasteiger partial charge in [0.15, 0.2) is 0 Å². The molecule has 0 saturated carbocycles. The molecule has 9 heteroatoms. The Kier molecular flexibility index (Phi) is 7.30. The number of amides is 1. The van der Waals surface area contributed by atoms with E-state index in [4.69, 9.17) is 0 Å². The Bertz CT molecular complexity index is 1380. The van der Waals surface area contributed by atoms with Gasteiger partial charge < -0.3 is 25.6 Å². The molecule has 2 aromatic heterocycles. The van der Waals surface area contributed by atoms with E-state index in [1.165, 1.54) is 12.1 Å². The van der Waals surface area contributed by atoms with Crippen LogP contribution in [0, 0.1) is 19.7 Å². The first kappa shape index (κ1) is 24.9. The van der Waals surface area contributed by atoms with Crippen LogP contribution in [-0.4, -0.2) is 46.7 Å². The Labute approximate surface area is 209 Å². The molecule has 0 spiro atoms. The Balaban J connectivity index is 1.55. The Morgan fingerprint density at radius 3 is 2.69 bits per heavy atom. The van der Waals surface area contributed by atoms with E-state index in [1.807, 2.05) is 52.2 Å². The monoisotopic (exact) mass is 488 g/mol. The molecule has 8 nitrogen and oxygen atoms in total. The van der Waals surface area contributed by atoms with Crippen molar-refractivity contribution in [2.24, 2.45) is 0 Å². The number of nitrogens with zero attached hydrogens (tertiary/aromatic N) is 3. The molecule has 4 rings (SSSR count). The molecule has 0 aliphatic heterocycles. The zero-order valence-corrected chi connectivity index (χ0v) is 20.6. The maximum atomic E-state index is 13.7. The highest BCUT2D eigenvalue weighted by atomic mass is 19.1. The summed E-state index contributed by atoms with van der Waals surface area (Å²) < 4.78 is 13.7. The maximum Gasteiger partial charge on any atom is 0.268 e. The molecule has 0 fully saturated rings. The largest absolute Gasteiger partial charge is 0.394 e. The summed E-state index contributed by atoms with van der Waals surface area (Å²) in [5.74, 6) is -0.329. The number of carbonyl (C=O) groups is 1. The topological polar surface area (TPSA) is 106 Å². The molecule has 36 heavy (non-hydrogen) atoms. The van der Waals surface area contributed by atoms with E-state index in [0.717, 1.165) is 16.7 Å². The summed E-state index contributed by atoms with van der Waals surface area (Å²) in [4.78, 5) is 26.7. The summed E-state index contributed by atoms with van der Waals surface area (Å²) in [7, 11) is 3.65. The van der Waals surface area contributed by atoms with E-state index >= 15 is 0 Å². The average Bonchev–Trinajstić information content (AvgIpc) is 3.35. The fourth-order valence-corrected chi connectivity index (χ4v) is 3.91. The summed E-state index contributed by atoms with van der Waals surface area (Å²) in [5.41, 5.74) is 5.73. The molecule has 0 radical (unpaired) electrons. The van der Waals surface area contributed by atoms with Crippen LogP contribution < -0.4 is 15.5 Å². The molecule has 0 bridgehead atoms. The number of aliphatic hydroxyl groups is 1. The van der Waals surface area contributed by atoms with E-state index < -0.39 is 6.04 Å². The van der Waals surface area contributed by atoms with Crippen molar-refractivity contribution in [3.63, 3.8) is 0 Å². The summed E-state index contributed by atoms with van der Waals surface area (Å²) in [6, 6.07) is 13.3. The van der Waals surface area contributed by atoms with Crippen LogP contribution in [0.4, 0.5) is 21.7 Å². The first-order chi connectivity index (χ1) is 17.2. The average molecular weight is 489 g/mol. The van der Waals surface area contributed by atoms with Gasteiger partial charge in [-0.05, 0) is 49.2 Å². The highest BCUT2D eigenvalue weighted by Crippen LogP contribution is 2.29. The zero-order chi connectivity index (χ0) is 25.8. The lowest BCUT2D eigenvalue weighted by atomic mass is 10.0. The fourth-order valence-electron chi connectivity index (χ4n) is 3.91. The van der Waals surface area contributed by atoms with Gasteiger partial charge in [0.1, 0.15) is 11.5 Å². The van der Waals surface area contributed by atoms with Gasteiger partial charge in [-0.1, -0.05) is 29.8 Å². The molecule has 2 heterocycles. The Morgan fingerprint density at radius 1 is 1.17 bits per heavy atom. The molecule has 0 aliphatic carbocycles. The van der Waals surface area contributed by atoms with Crippen molar-refractivity contribution in [2.75, 3.05) is 30.9 Å². The molecule has 1 atom stereocenters. The first-order valence-corrected chi connectivity index (χ1v) is 11.5. The smallest absolute Gasteiger partial charge is 0.268 e. The van der Waals surface area contributed by atoms with E-state index in [1.54, 1.807) is 29.4 Å². The number of aromatic amines is 1. The van der Waals surface area contributed by atoms with Crippen LogP contribution >= 0.6 is 0 Å². The van der Waals surface area contributed by atoms with Crippen molar-refractivity contribution < 1.29 is 14.3 Å². The molecule has 4 N–H and O–H groups in total. The molecule has 0 saturated heterocycles. The normalized spacial score (nSPS) is 11.7. The summed E-state index contributed by atoms with van der Waals surface area (Å²) in [6.45, 7) is 3.62. The van der Waals surface area contributed by atoms with Crippen molar-refractivity contribution in [3.8, 4) is 11.3 Å². The lowest BCUT2D eigenvalue weighted by molar-refractivity contribution is 0.0911. The quantitative estimate of drug-likeness (QED) is 0.291. The number of hydrogen-bond donors (Lipinski definition) is 4. The van der Waals surface area contributed by atoms with Crippen molar-refractivity contribution in [3.05, 3.63) is 89.1 Å². The molecule has 1 unspecified atom stereocenters. The number of carbonyl (C=O) groups excluding carboxylic acids is 1. The second kappa shape index (κ2) is 10.6. The molecule has 1 amide bonds. The van der Waals surface area contributed by atoms with Crippen molar-refractivity contribution in [1.82, 2.24) is 20.3 Å². The van der Waals surface area contributed by atoms with Gasteiger partial charge in [0, 0.05) is 32.1 Å². The van der Waals surface area contributed by atoms with Gasteiger partial charge in [0.05, 0.1) is 29.7 Å². The number of aromatic nitrogens is 3. The van der Waals surface area contributed by atoms with Crippen LogP contribution in [0.5, 0.6) is 0 Å². The second-order valence-corrected chi connectivity index (χ2v) is 8.83. The van der Waals surface area contributed by atoms with Gasteiger partial charge in [-0.3, -0.25) is 4.79 Å². The van der Waals surface area contributed by atoms with Gasteiger partial charge in [-0.2, -0.15) is 0 Å². The summed E-state index contributed by atoms with van der Waals surface area (Å²) in [6.07, 6.45) is 3.40. The fraction of sp³-hybridized carbons (Fsp3) is 0.222. The third-order valence-corrected chi connectivity index (χ3v) is 5.79. The molecular weight excluding hydrogens is 459 g/mol. The number of anilines is 3. The van der Waals surface area contributed by atoms with Crippen LogP contribution in [0.25, 0.3) is 11.3 Å². The van der Waals surface area contributed by atoms with E-state index in [0.29, 0.717) is 34.3 Å². The minimum atomic E-state index is -0.526. The van der Waals surface area contributed by atoms with E-state index in [9.17, 15) is 14.3 Å². The highest BCUT2D eigenvalue weighted by molar-refractivity contribution is 5.94. The van der Waals surface area contributed by atoms with Gasteiger partial charge in [-0.25, -0.2) is 14.4 Å². The summed E-state index contributed by atoms with van der Waals surface area (Å²) >= 11 is 0. The molecular formula is C27H29FN6O2. The predicted molar refractivity (Wildman–Crippen MR) is 139 cm³/mol. The van der Waals surface area contributed by atoms with Crippen LogP contribution in [-0.2, 0) is 0 Å². The van der Waals surface area contributed by atoms with Crippen molar-refractivity contribution >= 4 is 23.2 Å². The van der Waals surface area contributed by atoms with Gasteiger partial charge in [0.25, 0.3) is 5.91 Å². The van der Waals surface area contributed by atoms with Crippen LogP contribution in [0.15, 0.2) is 60.9 Å². The number of hydrogen-bond acceptors (Lipinski definition) is 6. The van der Waals surface area contributed by atoms with E-state index in [-0.39, 0.29) is 18.3 Å². The minimum absolute atomic E-state index is 0.221. The van der Waals surface area contributed by atoms with Crippen LogP contribution in [0.1, 0.15) is 33.2 Å². The van der Waals surface area contributed by atoms with Crippen molar-refractivity contribution in [1.29, 1.82) is 0 Å². The molecule has 186 valence electrons. The van der Waals surface area contributed by atoms with Gasteiger partial charge in [-0.15, -0.1) is 0 Å². The number of aliphatic hydroxyl groups excluding tert-OH is 1. The second-order valence-electron chi connectivity index (χ2n) is 8.83. The third-order valence-electron chi connectivity index (χ3n) is 5.79. The summed E-state index contributed by atoms with van der Waals surface area (Å²) in [5, 5.41) is 15.9. The number of nitrogens with one attached hydrogen (secondary N) is 3. The number of rotatable bonds is 8. The Morgan fingerprint density at radius 2 is 1.97 bits per heavy atom. The lowest BCUT2D eigenvalue weighted by Crippen LogP contribution is -2.31. The number of aryl methyl sites for hydroxylation is 2. The van der Waals surface area contributed by atoms with Crippen LogP contribution in [0.2, 0.25) is 0 Å². The van der Waals surface area contributed by atoms with Gasteiger partial charge in [0.2, 0.25) is 5.95 Å². The molecule has 0 aliphatic rings. The SMILES string of the molecule is Cc1cccc(C(CO)NC(=O)c2cc(-c3nc(Nc4ccc(F)cc4N(C)C)ncc3C)c[nH]2)c1.